The highest BCUT2D eigenvalue weighted by Gasteiger charge is 2.37. The van der Waals surface area contributed by atoms with E-state index in [4.69, 9.17) is 16.7 Å². The lowest BCUT2D eigenvalue weighted by atomic mass is 9.81. The van der Waals surface area contributed by atoms with Crippen LogP contribution < -0.4 is 5.56 Å². The number of halogens is 4. The fourth-order valence-electron chi connectivity index (χ4n) is 6.49. The van der Waals surface area contributed by atoms with Crippen LogP contribution in [0.2, 0.25) is 5.02 Å². The third-order valence-electron chi connectivity index (χ3n) is 9.16. The van der Waals surface area contributed by atoms with Gasteiger partial charge in [0.1, 0.15) is 11.5 Å². The monoisotopic (exact) mass is 634 g/mol. The van der Waals surface area contributed by atoms with Crippen molar-refractivity contribution in [1.29, 1.82) is 0 Å². The van der Waals surface area contributed by atoms with Crippen LogP contribution in [0.15, 0.2) is 65.8 Å². The lowest BCUT2D eigenvalue weighted by Gasteiger charge is -2.35. The molecule has 0 radical (unpaired) electrons. The highest BCUT2D eigenvalue weighted by atomic mass is 35.5. The summed E-state index contributed by atoms with van der Waals surface area (Å²) in [4.78, 5) is 34.0. The molecule has 1 aliphatic carbocycles. The topological polar surface area (TPSA) is 77.4 Å². The zero-order valence-corrected chi connectivity index (χ0v) is 25.4. The van der Waals surface area contributed by atoms with Crippen LogP contribution in [0.4, 0.5) is 13.2 Å². The van der Waals surface area contributed by atoms with Crippen LogP contribution in [0.1, 0.15) is 58.9 Å². The summed E-state index contributed by atoms with van der Waals surface area (Å²) in [7, 11) is 1.92. The first-order chi connectivity index (χ1) is 21.5. The maximum Gasteiger partial charge on any atom is 0.417 e. The number of benzene rings is 2. The number of amides is 1. The Bertz CT molecular complexity index is 2010. The summed E-state index contributed by atoms with van der Waals surface area (Å²) in [6.07, 6.45) is 5.11. The van der Waals surface area contributed by atoms with Gasteiger partial charge >= 0.3 is 6.18 Å². The van der Waals surface area contributed by atoms with Gasteiger partial charge in [0.2, 0.25) is 0 Å². The van der Waals surface area contributed by atoms with Gasteiger partial charge in [-0.3, -0.25) is 14.2 Å². The van der Waals surface area contributed by atoms with Gasteiger partial charge in [-0.25, -0.2) is 9.50 Å². The van der Waals surface area contributed by atoms with Gasteiger partial charge in [0.15, 0.2) is 0 Å². The lowest BCUT2D eigenvalue weighted by molar-refractivity contribution is -0.137. The number of carbonyl (C=O) groups excluding carboxylic acids is 1. The van der Waals surface area contributed by atoms with E-state index < -0.39 is 28.7 Å². The minimum absolute atomic E-state index is 0.0224. The van der Waals surface area contributed by atoms with E-state index >= 15 is 0 Å². The first-order valence-corrected chi connectivity index (χ1v) is 15.3. The summed E-state index contributed by atoms with van der Waals surface area (Å²) in [5.41, 5.74) is 2.90. The second-order valence-electron chi connectivity index (χ2n) is 12.1. The van der Waals surface area contributed by atoms with Crippen LogP contribution in [0.25, 0.3) is 22.7 Å². The molecule has 0 spiro atoms. The van der Waals surface area contributed by atoms with Gasteiger partial charge in [-0.2, -0.15) is 18.3 Å². The van der Waals surface area contributed by atoms with Crippen molar-refractivity contribution in [2.24, 2.45) is 13.0 Å². The van der Waals surface area contributed by atoms with Crippen molar-refractivity contribution in [2.75, 3.05) is 0 Å². The number of fused-ring (bicyclic) bond motifs is 3. The highest BCUT2D eigenvalue weighted by molar-refractivity contribution is 6.31. The molecule has 12 heteroatoms. The van der Waals surface area contributed by atoms with Crippen LogP contribution in [-0.2, 0) is 32.6 Å². The summed E-state index contributed by atoms with van der Waals surface area (Å²) < 4.78 is 46.1. The molecule has 2 aromatic carbocycles. The second-order valence-corrected chi connectivity index (χ2v) is 12.5. The molecular formula is C33H30ClF3N6O2. The molecule has 0 N–H and O–H groups in total. The molecule has 1 amide bonds. The fraction of sp³-hybridized carbons (Fsp3) is 0.333. The van der Waals surface area contributed by atoms with Crippen molar-refractivity contribution in [2.45, 2.75) is 57.8 Å². The standard InChI is InChI=1S/C33H30ClF3N6O2/c1-19-14-25-28(18-41(19)31(44)22-8-11-27(34)26(16-22)33(35,36)37)43-30(23(17-39-43)15-20-4-3-5-20)42(32(25)45)24-9-6-21(7-10-24)29-38-12-13-40(29)2/h6-13,16-17,19-20H,3-5,14-15,18H2,1-2H3/t19-/m0/s1. The number of nitrogens with zero attached hydrogens (tertiary/aromatic N) is 6. The summed E-state index contributed by atoms with van der Waals surface area (Å²) in [6, 6.07) is 10.4. The molecule has 1 fully saturated rings. The van der Waals surface area contributed by atoms with E-state index in [-0.39, 0.29) is 24.1 Å². The molecule has 45 heavy (non-hydrogen) atoms. The van der Waals surface area contributed by atoms with Crippen LogP contribution >= 0.6 is 11.6 Å². The van der Waals surface area contributed by atoms with Crippen molar-refractivity contribution in [1.82, 2.24) is 28.6 Å². The van der Waals surface area contributed by atoms with Crippen LogP contribution in [0.3, 0.4) is 0 Å². The van der Waals surface area contributed by atoms with Crippen molar-refractivity contribution >= 4 is 23.2 Å². The molecule has 232 valence electrons. The Labute approximate surface area is 261 Å². The Morgan fingerprint density at radius 1 is 1.11 bits per heavy atom. The Morgan fingerprint density at radius 3 is 2.51 bits per heavy atom. The first-order valence-electron chi connectivity index (χ1n) is 14.9. The average Bonchev–Trinajstić information content (AvgIpc) is 3.61. The number of rotatable bonds is 5. The number of carbonyl (C=O) groups is 1. The predicted octanol–water partition coefficient (Wildman–Crippen LogP) is 6.49. The summed E-state index contributed by atoms with van der Waals surface area (Å²) in [5, 5.41) is 4.26. The van der Waals surface area contributed by atoms with E-state index in [2.05, 4.69) is 4.98 Å². The number of imidazole rings is 1. The average molecular weight is 635 g/mol. The van der Waals surface area contributed by atoms with Crippen LogP contribution in [-0.4, -0.2) is 40.6 Å². The van der Waals surface area contributed by atoms with Crippen molar-refractivity contribution in [3.8, 4) is 17.1 Å². The Kier molecular flexibility index (Phi) is 7.11. The van der Waals surface area contributed by atoms with Crippen LogP contribution in [0.5, 0.6) is 0 Å². The summed E-state index contributed by atoms with van der Waals surface area (Å²) in [6.45, 7) is 1.82. The molecular weight excluding hydrogens is 605 g/mol. The van der Waals surface area contributed by atoms with E-state index in [1.807, 2.05) is 42.1 Å². The molecule has 0 bridgehead atoms. The van der Waals surface area contributed by atoms with Crippen molar-refractivity contribution < 1.29 is 18.0 Å². The molecule has 0 saturated heterocycles. The molecule has 7 rings (SSSR count). The molecule has 0 unspecified atom stereocenters. The Hall–Kier alpha value is -4.38. The summed E-state index contributed by atoms with van der Waals surface area (Å²) >= 11 is 5.81. The van der Waals surface area contributed by atoms with Gasteiger partial charge in [-0.15, -0.1) is 0 Å². The number of alkyl halides is 3. The highest BCUT2D eigenvalue weighted by Crippen LogP contribution is 2.36. The van der Waals surface area contributed by atoms with Crippen LogP contribution in [0, 0.1) is 5.92 Å². The van der Waals surface area contributed by atoms with Gasteiger partial charge in [0.25, 0.3) is 11.5 Å². The summed E-state index contributed by atoms with van der Waals surface area (Å²) in [5.74, 6) is 0.745. The molecule has 3 aromatic heterocycles. The molecule has 1 saturated carbocycles. The quantitative estimate of drug-likeness (QED) is 0.222. The minimum Gasteiger partial charge on any atom is -0.334 e. The Balaban J connectivity index is 1.33. The van der Waals surface area contributed by atoms with Gasteiger partial charge in [-0.05, 0) is 68.1 Å². The van der Waals surface area contributed by atoms with E-state index in [0.29, 0.717) is 28.5 Å². The van der Waals surface area contributed by atoms with Gasteiger partial charge < -0.3 is 9.47 Å². The molecule has 1 aliphatic heterocycles. The maximum atomic E-state index is 14.4. The molecule has 4 heterocycles. The van der Waals surface area contributed by atoms with E-state index in [1.165, 1.54) is 17.4 Å². The molecule has 1 atom stereocenters. The van der Waals surface area contributed by atoms with Crippen molar-refractivity contribution in [3.63, 3.8) is 0 Å². The predicted molar refractivity (Wildman–Crippen MR) is 164 cm³/mol. The molecule has 8 nitrogen and oxygen atoms in total. The number of aryl methyl sites for hydroxylation is 1. The van der Waals surface area contributed by atoms with Gasteiger partial charge in [0.05, 0.1) is 34.7 Å². The maximum absolute atomic E-state index is 14.4. The third-order valence-corrected chi connectivity index (χ3v) is 9.49. The van der Waals surface area contributed by atoms with Crippen molar-refractivity contribution in [3.05, 3.63) is 104 Å². The first kappa shape index (κ1) is 29.3. The van der Waals surface area contributed by atoms with Gasteiger partial charge in [0, 0.05) is 47.7 Å². The number of hydrogen-bond donors (Lipinski definition) is 0. The smallest absolute Gasteiger partial charge is 0.334 e. The number of aromatic nitrogens is 5. The zero-order chi connectivity index (χ0) is 31.6. The SMILES string of the molecule is C[C@H]1Cc2c(n3ncc(CC4CCC4)c3n(-c3ccc(-c4nccn4C)cc3)c2=O)CN1C(=O)c1ccc(Cl)c(C(F)(F)F)c1. The Morgan fingerprint density at radius 2 is 1.87 bits per heavy atom. The van der Waals surface area contributed by atoms with E-state index in [9.17, 15) is 22.8 Å². The van der Waals surface area contributed by atoms with E-state index in [1.54, 1.807) is 28.4 Å². The lowest BCUT2D eigenvalue weighted by Crippen LogP contribution is -2.46. The van der Waals surface area contributed by atoms with Gasteiger partial charge in [-0.1, -0.05) is 30.9 Å². The van der Waals surface area contributed by atoms with E-state index in [0.717, 1.165) is 48.3 Å². The minimum atomic E-state index is -4.70. The largest absolute Gasteiger partial charge is 0.417 e. The molecule has 5 aromatic rings. The molecule has 2 aliphatic rings. The third kappa shape index (κ3) is 5.03. The fourth-order valence-corrected chi connectivity index (χ4v) is 6.72. The number of hydrogen-bond acceptors (Lipinski definition) is 4. The second kappa shape index (κ2) is 10.9. The zero-order valence-electron chi connectivity index (χ0n) is 24.7. The normalized spacial score (nSPS) is 17.0.